The van der Waals surface area contributed by atoms with Crippen LogP contribution < -0.4 is 10.6 Å². The van der Waals surface area contributed by atoms with E-state index in [1.54, 1.807) is 0 Å². The van der Waals surface area contributed by atoms with Gasteiger partial charge in [-0.15, -0.1) is 0 Å². The monoisotopic (exact) mass is 339 g/mol. The molecule has 2 aromatic carbocycles. The number of rotatable bonds is 2. The van der Waals surface area contributed by atoms with E-state index in [0.29, 0.717) is 6.54 Å². The van der Waals surface area contributed by atoms with Gasteiger partial charge in [0.25, 0.3) is 0 Å². The summed E-state index contributed by atoms with van der Waals surface area (Å²) in [6, 6.07) is 16.6. The number of aliphatic imine (C=N–C) groups is 1. The van der Waals surface area contributed by atoms with E-state index < -0.39 is 0 Å². The molecule has 2 aliphatic heterocycles. The Morgan fingerprint density at radius 3 is 2.58 bits per heavy atom. The van der Waals surface area contributed by atoms with Crippen LogP contribution in [0.4, 0.5) is 5.69 Å². The molecule has 1 spiro atoms. The zero-order valence-corrected chi connectivity index (χ0v) is 14.4. The summed E-state index contributed by atoms with van der Waals surface area (Å²) in [5.74, 6) is 1.13. The maximum absolute atomic E-state index is 6.30. The van der Waals surface area contributed by atoms with Crippen LogP contribution in [0.3, 0.4) is 0 Å². The maximum Gasteiger partial charge on any atom is 0.108 e. The number of piperidine rings is 1. The molecule has 4 rings (SSSR count). The third-order valence-electron chi connectivity index (χ3n) is 5.23. The van der Waals surface area contributed by atoms with Gasteiger partial charge in [-0.05, 0) is 55.6 Å². The van der Waals surface area contributed by atoms with Crippen LogP contribution in [0.1, 0.15) is 24.0 Å². The van der Waals surface area contributed by atoms with Crippen LogP contribution in [0.5, 0.6) is 0 Å². The molecule has 0 aliphatic carbocycles. The van der Waals surface area contributed by atoms with E-state index in [1.165, 1.54) is 11.3 Å². The maximum atomic E-state index is 6.30. The molecule has 24 heavy (non-hydrogen) atoms. The molecule has 1 fully saturated rings. The van der Waals surface area contributed by atoms with Gasteiger partial charge in [-0.25, -0.2) is 0 Å². The summed E-state index contributed by atoms with van der Waals surface area (Å²) in [4.78, 5) is 4.98. The Labute approximate surface area is 148 Å². The topological polar surface area (TPSA) is 36.4 Å². The first kappa shape index (κ1) is 15.7. The van der Waals surface area contributed by atoms with Gasteiger partial charge in [0.05, 0.1) is 6.54 Å². The number of amidine groups is 1. The quantitative estimate of drug-likeness (QED) is 0.857. The molecule has 2 heterocycles. The fourth-order valence-electron chi connectivity index (χ4n) is 3.82. The smallest absolute Gasteiger partial charge is 0.108 e. The summed E-state index contributed by atoms with van der Waals surface area (Å²) >= 11 is 6.30. The Hall–Kier alpha value is -1.84. The Kier molecular flexibility index (Phi) is 4.30. The second kappa shape index (κ2) is 6.58. The molecule has 0 saturated carbocycles. The summed E-state index contributed by atoms with van der Waals surface area (Å²) in [5, 5.41) is 7.90. The van der Waals surface area contributed by atoms with Gasteiger partial charge >= 0.3 is 0 Å². The summed E-state index contributed by atoms with van der Waals surface area (Å²) < 4.78 is 0. The number of hydrogen-bond acceptors (Lipinski definition) is 2. The van der Waals surface area contributed by atoms with Gasteiger partial charge in [0.15, 0.2) is 0 Å². The van der Waals surface area contributed by atoms with E-state index in [1.807, 2.05) is 18.2 Å². The Balaban J connectivity index is 1.68. The molecule has 1 saturated heterocycles. The van der Waals surface area contributed by atoms with Crippen LogP contribution in [0, 0.1) is 5.41 Å². The van der Waals surface area contributed by atoms with Crippen molar-refractivity contribution in [2.24, 2.45) is 10.4 Å². The fraction of sp³-hybridized carbons (Fsp3) is 0.350. The van der Waals surface area contributed by atoms with Gasteiger partial charge < -0.3 is 10.6 Å². The van der Waals surface area contributed by atoms with E-state index in [0.717, 1.165) is 48.8 Å². The first-order valence-corrected chi connectivity index (χ1v) is 8.99. The predicted molar refractivity (Wildman–Crippen MR) is 101 cm³/mol. The predicted octanol–water partition coefficient (Wildman–Crippen LogP) is 4.28. The minimum absolute atomic E-state index is 0.126. The molecule has 3 nitrogen and oxygen atoms in total. The highest BCUT2D eigenvalue weighted by Crippen LogP contribution is 2.41. The summed E-state index contributed by atoms with van der Waals surface area (Å²) in [6.07, 6.45) is 3.31. The molecular formula is C20H22ClN3. The van der Waals surface area contributed by atoms with Crippen molar-refractivity contribution in [3.8, 4) is 0 Å². The second-order valence-electron chi connectivity index (χ2n) is 6.75. The molecule has 0 bridgehead atoms. The molecule has 0 unspecified atom stereocenters. The first-order chi connectivity index (χ1) is 11.8. The van der Waals surface area contributed by atoms with Crippen LogP contribution in [0.25, 0.3) is 0 Å². The zero-order chi connectivity index (χ0) is 16.4. The molecule has 2 aliphatic rings. The number of nitrogens with zero attached hydrogens (tertiary/aromatic N) is 1. The lowest BCUT2D eigenvalue weighted by atomic mass is 9.71. The number of anilines is 1. The minimum Gasteiger partial charge on any atom is -0.343 e. The third kappa shape index (κ3) is 2.94. The number of fused-ring (bicyclic) bond motifs is 1. The van der Waals surface area contributed by atoms with Crippen LogP contribution in [-0.2, 0) is 13.0 Å². The highest BCUT2D eigenvalue weighted by molar-refractivity contribution is 6.31. The van der Waals surface area contributed by atoms with Gasteiger partial charge in [-0.3, -0.25) is 4.99 Å². The lowest BCUT2D eigenvalue weighted by Gasteiger charge is -2.42. The lowest BCUT2D eigenvalue weighted by molar-refractivity contribution is 0.293. The van der Waals surface area contributed by atoms with E-state index in [2.05, 4.69) is 41.0 Å². The van der Waals surface area contributed by atoms with E-state index >= 15 is 0 Å². The van der Waals surface area contributed by atoms with Crippen molar-refractivity contribution in [1.82, 2.24) is 5.32 Å². The average Bonchev–Trinajstić information content (AvgIpc) is 2.62. The van der Waals surface area contributed by atoms with Crippen molar-refractivity contribution >= 4 is 23.1 Å². The molecule has 0 radical (unpaired) electrons. The molecule has 0 aromatic heterocycles. The second-order valence-corrected chi connectivity index (χ2v) is 7.15. The van der Waals surface area contributed by atoms with E-state index in [-0.39, 0.29) is 5.41 Å². The van der Waals surface area contributed by atoms with E-state index in [4.69, 9.17) is 16.6 Å². The molecular weight excluding hydrogens is 318 g/mol. The van der Waals surface area contributed by atoms with Crippen LogP contribution in [0.2, 0.25) is 5.02 Å². The van der Waals surface area contributed by atoms with Crippen LogP contribution >= 0.6 is 11.6 Å². The molecule has 4 heteroatoms. The molecule has 2 aromatic rings. The van der Waals surface area contributed by atoms with Crippen molar-refractivity contribution in [3.63, 3.8) is 0 Å². The number of benzene rings is 2. The highest BCUT2D eigenvalue weighted by Gasteiger charge is 2.40. The number of nitrogens with one attached hydrogen (secondary N) is 2. The van der Waals surface area contributed by atoms with Crippen LogP contribution in [0.15, 0.2) is 53.5 Å². The summed E-state index contributed by atoms with van der Waals surface area (Å²) in [6.45, 7) is 2.73. The van der Waals surface area contributed by atoms with E-state index in [9.17, 15) is 0 Å². The Morgan fingerprint density at radius 2 is 1.75 bits per heavy atom. The highest BCUT2D eigenvalue weighted by atomic mass is 35.5. The molecule has 0 amide bonds. The van der Waals surface area contributed by atoms with Gasteiger partial charge in [-0.2, -0.15) is 0 Å². The average molecular weight is 340 g/mol. The van der Waals surface area contributed by atoms with Gasteiger partial charge in [0.2, 0.25) is 0 Å². The minimum atomic E-state index is 0.126. The lowest BCUT2D eigenvalue weighted by Crippen LogP contribution is -2.48. The number of para-hydroxylation sites is 1. The van der Waals surface area contributed by atoms with Crippen molar-refractivity contribution in [3.05, 3.63) is 64.7 Å². The van der Waals surface area contributed by atoms with Crippen molar-refractivity contribution in [2.45, 2.75) is 25.8 Å². The van der Waals surface area contributed by atoms with Crippen molar-refractivity contribution < 1.29 is 0 Å². The van der Waals surface area contributed by atoms with Gasteiger partial charge in [0, 0.05) is 16.1 Å². The van der Waals surface area contributed by atoms with Gasteiger partial charge in [0.1, 0.15) is 5.84 Å². The third-order valence-corrected chi connectivity index (χ3v) is 5.60. The van der Waals surface area contributed by atoms with Crippen LogP contribution in [-0.4, -0.2) is 18.9 Å². The Morgan fingerprint density at radius 1 is 1.00 bits per heavy atom. The van der Waals surface area contributed by atoms with Crippen molar-refractivity contribution in [1.29, 1.82) is 0 Å². The standard InChI is InChI=1S/C20H22ClN3/c21-17-7-3-1-6-16(17)14-23-19-20(9-11-22-12-10-20)13-15-5-2-4-8-18(15)24-19/h1-8,22H,9-14H2,(H,23,24). The zero-order valence-electron chi connectivity index (χ0n) is 13.7. The first-order valence-electron chi connectivity index (χ1n) is 8.61. The normalized spacial score (nSPS) is 20.6. The molecule has 124 valence electrons. The SMILES string of the molecule is Clc1ccccc1CN=C1Nc2ccccc2CC12CCNCC2. The van der Waals surface area contributed by atoms with Crippen molar-refractivity contribution in [2.75, 3.05) is 18.4 Å². The Bertz CT molecular complexity index is 763. The number of halogens is 1. The number of hydrogen-bond donors (Lipinski definition) is 2. The molecule has 2 N–H and O–H groups in total. The summed E-state index contributed by atoms with van der Waals surface area (Å²) in [5.41, 5.74) is 3.80. The van der Waals surface area contributed by atoms with Gasteiger partial charge in [-0.1, -0.05) is 48.0 Å². The fourth-order valence-corrected chi connectivity index (χ4v) is 4.02. The summed E-state index contributed by atoms with van der Waals surface area (Å²) in [7, 11) is 0. The largest absolute Gasteiger partial charge is 0.343 e. The molecule has 0 atom stereocenters.